The smallest absolute Gasteiger partial charge is 0.258 e. The van der Waals surface area contributed by atoms with Gasteiger partial charge in [0.1, 0.15) is 5.82 Å². The second-order valence-corrected chi connectivity index (χ2v) is 7.38. The van der Waals surface area contributed by atoms with Crippen molar-refractivity contribution in [1.82, 2.24) is 24.4 Å². The summed E-state index contributed by atoms with van der Waals surface area (Å²) in [6.45, 7) is 3.61. The van der Waals surface area contributed by atoms with Crippen molar-refractivity contribution in [3.63, 3.8) is 0 Å². The number of amides is 1. The van der Waals surface area contributed by atoms with Gasteiger partial charge in [0.15, 0.2) is 11.5 Å². The summed E-state index contributed by atoms with van der Waals surface area (Å²) >= 11 is 7.08. The first kappa shape index (κ1) is 19.2. The van der Waals surface area contributed by atoms with Crippen molar-refractivity contribution < 1.29 is 9.18 Å². The van der Waals surface area contributed by atoms with Gasteiger partial charge in [-0.15, -0.1) is 5.10 Å². The minimum Gasteiger partial charge on any atom is -0.297 e. The Morgan fingerprint density at radius 2 is 2.00 bits per heavy atom. The van der Waals surface area contributed by atoms with Crippen LogP contribution in [0.1, 0.15) is 21.6 Å². The highest BCUT2D eigenvalue weighted by molar-refractivity contribution is 7.10. The number of aryl methyl sites for hydroxylation is 1. The van der Waals surface area contributed by atoms with Gasteiger partial charge in [-0.25, -0.2) is 9.07 Å². The monoisotopic (exact) mass is 428 g/mol. The fourth-order valence-electron chi connectivity index (χ4n) is 2.80. The number of benzene rings is 2. The van der Waals surface area contributed by atoms with Crippen LogP contribution in [0.3, 0.4) is 0 Å². The van der Waals surface area contributed by atoms with Crippen molar-refractivity contribution in [2.24, 2.45) is 0 Å². The molecular weight excluding hydrogens is 415 g/mol. The number of rotatable bonds is 4. The van der Waals surface area contributed by atoms with Crippen molar-refractivity contribution in [3.05, 3.63) is 70.1 Å². The van der Waals surface area contributed by atoms with Crippen LogP contribution >= 0.6 is 23.1 Å². The molecule has 0 aliphatic carbocycles. The van der Waals surface area contributed by atoms with Gasteiger partial charge >= 0.3 is 0 Å². The zero-order chi connectivity index (χ0) is 20.5. The number of hydrogen-bond donors (Lipinski definition) is 1. The highest BCUT2D eigenvalue weighted by atomic mass is 35.5. The second kappa shape index (κ2) is 7.69. The average molecular weight is 429 g/mol. The van der Waals surface area contributed by atoms with Gasteiger partial charge in [-0.2, -0.15) is 9.36 Å². The Hall–Kier alpha value is -3.17. The summed E-state index contributed by atoms with van der Waals surface area (Å²) in [5, 5.41) is 11.7. The zero-order valence-electron chi connectivity index (χ0n) is 15.3. The van der Waals surface area contributed by atoms with Gasteiger partial charge in [0.25, 0.3) is 5.91 Å². The quantitative estimate of drug-likeness (QED) is 0.519. The van der Waals surface area contributed by atoms with Gasteiger partial charge in [0.2, 0.25) is 5.13 Å². The fourth-order valence-corrected chi connectivity index (χ4v) is 3.59. The van der Waals surface area contributed by atoms with E-state index in [1.165, 1.54) is 12.1 Å². The molecule has 0 saturated carbocycles. The van der Waals surface area contributed by atoms with Gasteiger partial charge in [-0.05, 0) is 49.7 Å². The Morgan fingerprint density at radius 3 is 2.76 bits per heavy atom. The molecule has 2 aromatic heterocycles. The van der Waals surface area contributed by atoms with E-state index in [2.05, 4.69) is 25.0 Å². The molecule has 0 unspecified atom stereocenters. The standard InChI is InChI=1S/C19H14ClFN6OS/c1-10-9-12(21)7-8-15(10)27-11(2)16(24-26-27)17-22-19(29-25-17)23-18(28)13-5-3-4-6-14(13)20/h3-9H,1-2H3,(H,22,23,25,28). The average Bonchev–Trinajstić information content (AvgIpc) is 3.29. The van der Waals surface area contributed by atoms with E-state index in [1.807, 2.05) is 6.92 Å². The first-order chi connectivity index (χ1) is 13.9. The van der Waals surface area contributed by atoms with Crippen molar-refractivity contribution in [2.75, 3.05) is 5.32 Å². The lowest BCUT2D eigenvalue weighted by Crippen LogP contribution is -2.12. The van der Waals surface area contributed by atoms with E-state index < -0.39 is 0 Å². The highest BCUT2D eigenvalue weighted by Gasteiger charge is 2.19. The van der Waals surface area contributed by atoms with E-state index in [0.717, 1.165) is 17.1 Å². The molecule has 0 fully saturated rings. The number of carbonyl (C=O) groups excluding carboxylic acids is 1. The minimum atomic E-state index is -0.374. The maximum Gasteiger partial charge on any atom is 0.258 e. The molecule has 146 valence electrons. The van der Waals surface area contributed by atoms with Crippen LogP contribution in [0.25, 0.3) is 17.2 Å². The van der Waals surface area contributed by atoms with Gasteiger partial charge in [-0.3, -0.25) is 10.1 Å². The largest absolute Gasteiger partial charge is 0.297 e. The third kappa shape index (κ3) is 3.74. The van der Waals surface area contributed by atoms with Crippen LogP contribution in [0.5, 0.6) is 0 Å². The number of hydrogen-bond acceptors (Lipinski definition) is 6. The molecule has 2 heterocycles. The summed E-state index contributed by atoms with van der Waals surface area (Å²) in [5.41, 5.74) is 2.96. The van der Waals surface area contributed by atoms with Crippen molar-refractivity contribution in [2.45, 2.75) is 13.8 Å². The van der Waals surface area contributed by atoms with Gasteiger partial charge in [-0.1, -0.05) is 28.9 Å². The number of nitrogens with one attached hydrogen (secondary N) is 1. The first-order valence-corrected chi connectivity index (χ1v) is 9.68. The molecule has 0 aliphatic heterocycles. The predicted molar refractivity (Wildman–Crippen MR) is 109 cm³/mol. The summed E-state index contributed by atoms with van der Waals surface area (Å²) in [5.74, 6) is -0.349. The predicted octanol–water partition coefficient (Wildman–Crippen LogP) is 4.45. The molecule has 2 aromatic carbocycles. The molecule has 29 heavy (non-hydrogen) atoms. The Bertz CT molecular complexity index is 1220. The van der Waals surface area contributed by atoms with Crippen LogP contribution in [0, 0.1) is 19.7 Å². The lowest BCUT2D eigenvalue weighted by molar-refractivity contribution is 0.102. The molecule has 1 N–H and O–H groups in total. The van der Waals surface area contributed by atoms with E-state index in [9.17, 15) is 9.18 Å². The van der Waals surface area contributed by atoms with Crippen molar-refractivity contribution in [3.8, 4) is 17.2 Å². The van der Waals surface area contributed by atoms with Crippen LogP contribution < -0.4 is 5.32 Å². The molecule has 10 heteroatoms. The Balaban J connectivity index is 1.60. The number of nitrogens with zero attached hydrogens (tertiary/aromatic N) is 5. The third-order valence-corrected chi connectivity index (χ3v) is 5.22. The third-order valence-electron chi connectivity index (χ3n) is 4.26. The molecule has 7 nitrogen and oxygen atoms in total. The number of anilines is 1. The lowest BCUT2D eigenvalue weighted by atomic mass is 10.2. The van der Waals surface area contributed by atoms with E-state index in [1.54, 1.807) is 41.9 Å². The molecule has 0 radical (unpaired) electrons. The molecule has 0 spiro atoms. The molecule has 1 amide bonds. The normalized spacial score (nSPS) is 10.9. The molecule has 4 aromatic rings. The van der Waals surface area contributed by atoms with Gasteiger partial charge < -0.3 is 0 Å². The number of aromatic nitrogens is 5. The van der Waals surface area contributed by atoms with E-state index >= 15 is 0 Å². The number of halogens is 2. The van der Waals surface area contributed by atoms with E-state index in [-0.39, 0.29) is 11.7 Å². The fraction of sp³-hybridized carbons (Fsp3) is 0.105. The lowest BCUT2D eigenvalue weighted by Gasteiger charge is -2.07. The summed E-state index contributed by atoms with van der Waals surface area (Å²) in [6.07, 6.45) is 0. The van der Waals surface area contributed by atoms with Crippen molar-refractivity contribution in [1.29, 1.82) is 0 Å². The molecule has 0 atom stereocenters. The molecule has 0 aliphatic rings. The molecule has 0 bridgehead atoms. The Kier molecular flexibility index (Phi) is 5.08. The van der Waals surface area contributed by atoms with Gasteiger partial charge in [0.05, 0.1) is 22.0 Å². The Labute approximate surface area is 174 Å². The van der Waals surface area contributed by atoms with Crippen LogP contribution in [-0.4, -0.2) is 30.3 Å². The summed E-state index contributed by atoms with van der Waals surface area (Å²) in [6, 6.07) is 11.2. The molecule has 0 saturated heterocycles. The second-order valence-electron chi connectivity index (χ2n) is 6.22. The van der Waals surface area contributed by atoms with Crippen LogP contribution in [-0.2, 0) is 0 Å². The van der Waals surface area contributed by atoms with Crippen LogP contribution in [0.2, 0.25) is 5.02 Å². The highest BCUT2D eigenvalue weighted by Crippen LogP contribution is 2.25. The first-order valence-electron chi connectivity index (χ1n) is 8.53. The topological polar surface area (TPSA) is 85.6 Å². The number of carbonyl (C=O) groups is 1. The van der Waals surface area contributed by atoms with E-state index in [0.29, 0.717) is 38.6 Å². The summed E-state index contributed by atoms with van der Waals surface area (Å²) in [4.78, 5) is 16.7. The Morgan fingerprint density at radius 1 is 1.21 bits per heavy atom. The summed E-state index contributed by atoms with van der Waals surface area (Å²) < 4.78 is 19.3. The summed E-state index contributed by atoms with van der Waals surface area (Å²) in [7, 11) is 0. The minimum absolute atomic E-state index is 0.315. The maximum atomic E-state index is 13.4. The van der Waals surface area contributed by atoms with Gasteiger partial charge in [0, 0.05) is 11.5 Å². The SMILES string of the molecule is Cc1cc(F)ccc1-n1nnc(-c2nsc(NC(=O)c3ccccc3Cl)n2)c1C. The van der Waals surface area contributed by atoms with Crippen LogP contribution in [0.4, 0.5) is 9.52 Å². The zero-order valence-corrected chi connectivity index (χ0v) is 16.9. The van der Waals surface area contributed by atoms with Crippen LogP contribution in [0.15, 0.2) is 42.5 Å². The van der Waals surface area contributed by atoms with Crippen molar-refractivity contribution >= 4 is 34.2 Å². The van der Waals surface area contributed by atoms with E-state index in [4.69, 9.17) is 11.6 Å². The molecular formula is C19H14ClFN6OS. The maximum absolute atomic E-state index is 13.4. The molecule has 4 rings (SSSR count).